The van der Waals surface area contributed by atoms with Crippen LogP contribution in [0.25, 0.3) is 0 Å². The Morgan fingerprint density at radius 2 is 2.19 bits per heavy atom. The van der Waals surface area contributed by atoms with Crippen LogP contribution in [0.3, 0.4) is 0 Å². The molecule has 0 aliphatic heterocycles. The Hall–Kier alpha value is -0.830. The van der Waals surface area contributed by atoms with Gasteiger partial charge in [-0.05, 0) is 25.2 Å². The molecule has 0 bridgehead atoms. The van der Waals surface area contributed by atoms with E-state index in [1.54, 1.807) is 6.33 Å². The van der Waals surface area contributed by atoms with E-state index in [4.69, 9.17) is 11.6 Å². The van der Waals surface area contributed by atoms with Crippen LogP contribution in [0.4, 0.5) is 5.82 Å². The minimum atomic E-state index is 0.398. The molecule has 0 spiro atoms. The average molecular weight is 240 g/mol. The van der Waals surface area contributed by atoms with E-state index in [1.165, 1.54) is 0 Å². The van der Waals surface area contributed by atoms with Gasteiger partial charge >= 0.3 is 0 Å². The molecule has 1 heterocycles. The summed E-state index contributed by atoms with van der Waals surface area (Å²) in [5.74, 6) is 1.75. The highest BCUT2D eigenvalue weighted by Crippen LogP contribution is 2.32. The highest BCUT2D eigenvalue weighted by atomic mass is 35.5. The molecule has 0 unspecified atom stereocenters. The van der Waals surface area contributed by atoms with Crippen LogP contribution in [-0.4, -0.2) is 28.9 Å². The lowest BCUT2D eigenvalue weighted by atomic mass is 9.84. The summed E-state index contributed by atoms with van der Waals surface area (Å²) in [7, 11) is 2.09. The number of anilines is 1. The number of alkyl halides is 1. The highest BCUT2D eigenvalue weighted by molar-refractivity contribution is 6.21. The lowest BCUT2D eigenvalue weighted by Crippen LogP contribution is -2.35. The van der Waals surface area contributed by atoms with E-state index in [2.05, 4.69) is 34.9 Å². The lowest BCUT2D eigenvalue weighted by Gasteiger charge is -2.34. The third-order valence-corrected chi connectivity index (χ3v) is 3.53. The zero-order chi connectivity index (χ0) is 11.5. The van der Waals surface area contributed by atoms with Gasteiger partial charge in [-0.1, -0.05) is 6.92 Å². The fourth-order valence-electron chi connectivity index (χ4n) is 2.07. The average Bonchev–Trinajstić information content (AvgIpc) is 2.27. The number of aromatic nitrogens is 2. The van der Waals surface area contributed by atoms with Crippen molar-refractivity contribution in [1.82, 2.24) is 9.97 Å². The van der Waals surface area contributed by atoms with Crippen LogP contribution >= 0.6 is 11.6 Å². The first kappa shape index (κ1) is 11.6. The van der Waals surface area contributed by atoms with Crippen LogP contribution in [0.5, 0.6) is 0 Å². The molecule has 1 fully saturated rings. The van der Waals surface area contributed by atoms with E-state index in [9.17, 15) is 0 Å². The van der Waals surface area contributed by atoms with Crippen molar-refractivity contribution >= 4 is 17.4 Å². The van der Waals surface area contributed by atoms with Crippen LogP contribution in [0.2, 0.25) is 0 Å². The fourth-order valence-corrected chi connectivity index (χ4v) is 2.58. The molecule has 16 heavy (non-hydrogen) atoms. The Bertz CT molecular complexity index is 350. The molecule has 3 nitrogen and oxygen atoms in total. The Kier molecular flexibility index (Phi) is 3.64. The predicted molar refractivity (Wildman–Crippen MR) is 67.0 cm³/mol. The van der Waals surface area contributed by atoms with Gasteiger partial charge < -0.3 is 4.90 Å². The van der Waals surface area contributed by atoms with Gasteiger partial charge in [-0.15, -0.1) is 11.6 Å². The van der Waals surface area contributed by atoms with Crippen LogP contribution in [0, 0.1) is 5.92 Å². The van der Waals surface area contributed by atoms with Gasteiger partial charge in [0.05, 0.1) is 0 Å². The minimum Gasteiger partial charge on any atom is -0.359 e. The van der Waals surface area contributed by atoms with Crippen molar-refractivity contribution in [2.45, 2.75) is 31.6 Å². The molecule has 1 aliphatic carbocycles. The maximum Gasteiger partial charge on any atom is 0.131 e. The summed E-state index contributed by atoms with van der Waals surface area (Å²) >= 11 is 5.98. The van der Waals surface area contributed by atoms with Crippen LogP contribution < -0.4 is 4.90 Å². The lowest BCUT2D eigenvalue weighted by molar-refractivity contribution is 0.328. The molecular formula is C12H18ClN3. The molecule has 1 aromatic heterocycles. The molecule has 4 heteroatoms. The van der Waals surface area contributed by atoms with E-state index in [-0.39, 0.29) is 0 Å². The van der Waals surface area contributed by atoms with E-state index in [0.29, 0.717) is 5.38 Å². The minimum absolute atomic E-state index is 0.398. The monoisotopic (exact) mass is 239 g/mol. The summed E-state index contributed by atoms with van der Waals surface area (Å²) in [6, 6.07) is 2.07. The first-order valence-corrected chi connectivity index (χ1v) is 6.28. The Balaban J connectivity index is 1.94. The van der Waals surface area contributed by atoms with Crippen molar-refractivity contribution in [3.63, 3.8) is 0 Å². The quantitative estimate of drug-likeness (QED) is 0.756. The summed E-state index contributed by atoms with van der Waals surface area (Å²) < 4.78 is 0. The number of nitrogens with zero attached hydrogens (tertiary/aromatic N) is 3. The van der Waals surface area contributed by atoms with Crippen LogP contribution in [-0.2, 0) is 6.42 Å². The Morgan fingerprint density at radius 1 is 1.44 bits per heavy atom. The molecular weight excluding hydrogens is 222 g/mol. The van der Waals surface area contributed by atoms with Crippen LogP contribution in [0.1, 0.15) is 25.5 Å². The molecule has 88 valence electrons. The summed E-state index contributed by atoms with van der Waals surface area (Å²) in [4.78, 5) is 10.7. The van der Waals surface area contributed by atoms with Crippen molar-refractivity contribution < 1.29 is 0 Å². The second-order valence-electron chi connectivity index (χ2n) is 4.54. The number of hydrogen-bond acceptors (Lipinski definition) is 3. The van der Waals surface area contributed by atoms with Crippen molar-refractivity contribution in [2.24, 2.45) is 5.92 Å². The largest absolute Gasteiger partial charge is 0.359 e. The van der Waals surface area contributed by atoms with Gasteiger partial charge in [-0.2, -0.15) is 0 Å². The zero-order valence-corrected chi connectivity index (χ0v) is 10.6. The number of halogens is 1. The standard InChI is InChI=1S/C12H18ClN3/c1-3-11-6-12(15-8-14-11)16(2)7-9-4-10(13)5-9/h6,8-10H,3-5,7H2,1-2H3. The summed E-state index contributed by atoms with van der Waals surface area (Å²) in [5, 5.41) is 0.398. The molecule has 1 aliphatic rings. The predicted octanol–water partition coefficient (Wildman–Crippen LogP) is 2.49. The first-order valence-electron chi connectivity index (χ1n) is 5.85. The zero-order valence-electron chi connectivity index (χ0n) is 9.86. The molecule has 0 aromatic carbocycles. The molecule has 0 N–H and O–H groups in total. The van der Waals surface area contributed by atoms with E-state index < -0.39 is 0 Å². The van der Waals surface area contributed by atoms with Gasteiger partial charge in [-0.25, -0.2) is 9.97 Å². The summed E-state index contributed by atoms with van der Waals surface area (Å²) in [6.07, 6.45) is 4.88. The van der Waals surface area contributed by atoms with Gasteiger partial charge in [0.2, 0.25) is 0 Å². The first-order chi connectivity index (χ1) is 7.69. The molecule has 0 saturated heterocycles. The van der Waals surface area contributed by atoms with Crippen LogP contribution in [0.15, 0.2) is 12.4 Å². The van der Waals surface area contributed by atoms with E-state index in [1.807, 2.05) is 0 Å². The van der Waals surface area contributed by atoms with Gasteiger partial charge in [0.1, 0.15) is 12.1 Å². The molecule has 0 radical (unpaired) electrons. The van der Waals surface area contributed by atoms with Crippen molar-refractivity contribution in [3.05, 3.63) is 18.1 Å². The van der Waals surface area contributed by atoms with E-state index in [0.717, 1.165) is 43.2 Å². The molecule has 1 saturated carbocycles. The summed E-state index contributed by atoms with van der Waals surface area (Å²) in [5.41, 5.74) is 1.10. The second kappa shape index (κ2) is 5.00. The third kappa shape index (κ3) is 2.64. The molecule has 0 amide bonds. The smallest absolute Gasteiger partial charge is 0.131 e. The molecule has 2 rings (SSSR count). The highest BCUT2D eigenvalue weighted by Gasteiger charge is 2.28. The fraction of sp³-hybridized carbons (Fsp3) is 0.667. The number of rotatable bonds is 4. The topological polar surface area (TPSA) is 29.0 Å². The van der Waals surface area contributed by atoms with Gasteiger partial charge in [0.25, 0.3) is 0 Å². The normalized spacial score (nSPS) is 23.9. The maximum absolute atomic E-state index is 5.98. The SMILES string of the molecule is CCc1cc(N(C)CC2CC(Cl)C2)ncn1. The molecule has 1 aromatic rings. The van der Waals surface area contributed by atoms with Gasteiger partial charge in [-0.3, -0.25) is 0 Å². The maximum atomic E-state index is 5.98. The van der Waals surface area contributed by atoms with Gasteiger partial charge in [0.15, 0.2) is 0 Å². The summed E-state index contributed by atoms with van der Waals surface area (Å²) in [6.45, 7) is 3.15. The van der Waals surface area contributed by atoms with Crippen molar-refractivity contribution in [1.29, 1.82) is 0 Å². The second-order valence-corrected chi connectivity index (χ2v) is 5.15. The number of hydrogen-bond donors (Lipinski definition) is 0. The number of aryl methyl sites for hydroxylation is 1. The third-order valence-electron chi connectivity index (χ3n) is 3.17. The van der Waals surface area contributed by atoms with E-state index >= 15 is 0 Å². The Labute approximate surface area is 102 Å². The van der Waals surface area contributed by atoms with Crippen molar-refractivity contribution in [2.75, 3.05) is 18.5 Å². The Morgan fingerprint density at radius 3 is 2.81 bits per heavy atom. The van der Waals surface area contributed by atoms with Crippen molar-refractivity contribution in [3.8, 4) is 0 Å². The molecule has 0 atom stereocenters. The van der Waals surface area contributed by atoms with Gasteiger partial charge in [0, 0.05) is 30.7 Å².